The van der Waals surface area contributed by atoms with Crippen molar-refractivity contribution >= 4 is 5.97 Å². The van der Waals surface area contributed by atoms with Gasteiger partial charge in [0.25, 0.3) is 0 Å². The normalized spacial score (nSPS) is 10.2. The third kappa shape index (κ3) is 2.66. The molecule has 86 valence electrons. The third-order valence-electron chi connectivity index (χ3n) is 2.34. The minimum absolute atomic E-state index is 0.218. The van der Waals surface area contributed by atoms with E-state index in [9.17, 15) is 9.18 Å². The van der Waals surface area contributed by atoms with E-state index in [1.54, 1.807) is 12.1 Å². The van der Waals surface area contributed by atoms with E-state index in [-0.39, 0.29) is 6.42 Å². The summed E-state index contributed by atoms with van der Waals surface area (Å²) in [6, 6.07) is 10.4. The number of pyridine rings is 1. The first kappa shape index (κ1) is 11.3. The number of aliphatic carboxylic acids is 1. The van der Waals surface area contributed by atoms with Crippen LogP contribution >= 0.6 is 0 Å². The van der Waals surface area contributed by atoms with Crippen LogP contribution in [0.4, 0.5) is 4.39 Å². The highest BCUT2D eigenvalue weighted by atomic mass is 19.1. The number of halogens is 1. The van der Waals surface area contributed by atoms with Gasteiger partial charge < -0.3 is 5.11 Å². The van der Waals surface area contributed by atoms with Crippen molar-refractivity contribution < 1.29 is 14.3 Å². The average molecular weight is 231 g/mol. The van der Waals surface area contributed by atoms with Crippen LogP contribution in [0.25, 0.3) is 11.1 Å². The molecule has 2 aromatic rings. The van der Waals surface area contributed by atoms with Crippen molar-refractivity contribution in [3.63, 3.8) is 0 Å². The highest BCUT2D eigenvalue weighted by Gasteiger charge is 2.11. The summed E-state index contributed by atoms with van der Waals surface area (Å²) in [5, 5.41) is 8.77. The molecule has 17 heavy (non-hydrogen) atoms. The van der Waals surface area contributed by atoms with Gasteiger partial charge in [-0.15, -0.1) is 0 Å². The standard InChI is InChI=1S/C13H10FNO2/c14-10-6-11(9-4-2-1-3-5-9)12(15-8-10)7-13(16)17/h1-6,8H,7H2,(H,16,17). The summed E-state index contributed by atoms with van der Waals surface area (Å²) in [4.78, 5) is 14.5. The Kier molecular flexibility index (Phi) is 3.14. The number of hydrogen-bond acceptors (Lipinski definition) is 2. The van der Waals surface area contributed by atoms with E-state index in [0.717, 1.165) is 11.8 Å². The van der Waals surface area contributed by atoms with Crippen molar-refractivity contribution in [2.75, 3.05) is 0 Å². The van der Waals surface area contributed by atoms with Crippen LogP contribution in [0, 0.1) is 5.82 Å². The molecule has 0 spiro atoms. The van der Waals surface area contributed by atoms with Gasteiger partial charge >= 0.3 is 5.97 Å². The van der Waals surface area contributed by atoms with Crippen LogP contribution in [0.2, 0.25) is 0 Å². The summed E-state index contributed by atoms with van der Waals surface area (Å²) in [5.74, 6) is -1.46. The Hall–Kier alpha value is -2.23. The molecule has 1 aromatic carbocycles. The lowest BCUT2D eigenvalue weighted by atomic mass is 10.0. The van der Waals surface area contributed by atoms with E-state index < -0.39 is 11.8 Å². The molecule has 0 radical (unpaired) electrons. The number of carbonyl (C=O) groups is 1. The van der Waals surface area contributed by atoms with E-state index in [0.29, 0.717) is 11.3 Å². The maximum atomic E-state index is 13.2. The molecule has 0 saturated carbocycles. The van der Waals surface area contributed by atoms with Gasteiger partial charge in [0.15, 0.2) is 0 Å². The van der Waals surface area contributed by atoms with Gasteiger partial charge in [-0.05, 0) is 11.6 Å². The molecule has 0 aliphatic heterocycles. The molecule has 1 aromatic heterocycles. The molecule has 0 aliphatic carbocycles. The summed E-state index contributed by atoms with van der Waals surface area (Å²) in [7, 11) is 0. The van der Waals surface area contributed by atoms with E-state index in [1.165, 1.54) is 6.07 Å². The number of carboxylic acid groups (broad SMARTS) is 1. The minimum atomic E-state index is -0.985. The first-order valence-electron chi connectivity index (χ1n) is 5.08. The molecular weight excluding hydrogens is 221 g/mol. The predicted octanol–water partition coefficient (Wildman–Crippen LogP) is 2.51. The molecule has 0 bridgehead atoms. The fraction of sp³-hybridized carbons (Fsp3) is 0.0769. The van der Waals surface area contributed by atoms with Crippen molar-refractivity contribution in [3.05, 3.63) is 54.1 Å². The second kappa shape index (κ2) is 4.74. The van der Waals surface area contributed by atoms with Gasteiger partial charge in [-0.1, -0.05) is 30.3 Å². The lowest BCUT2D eigenvalue weighted by Gasteiger charge is -2.07. The molecule has 0 unspecified atom stereocenters. The van der Waals surface area contributed by atoms with Crippen LogP contribution < -0.4 is 0 Å². The Morgan fingerprint density at radius 1 is 1.29 bits per heavy atom. The Balaban J connectivity index is 2.51. The zero-order chi connectivity index (χ0) is 12.3. The molecule has 3 nitrogen and oxygen atoms in total. The number of hydrogen-bond donors (Lipinski definition) is 1. The number of rotatable bonds is 3. The van der Waals surface area contributed by atoms with Gasteiger partial charge in [-0.25, -0.2) is 4.39 Å². The second-order valence-electron chi connectivity index (χ2n) is 3.58. The quantitative estimate of drug-likeness (QED) is 0.883. The number of carboxylic acids is 1. The molecule has 0 saturated heterocycles. The summed E-state index contributed by atoms with van der Waals surface area (Å²) in [5.41, 5.74) is 1.65. The van der Waals surface area contributed by atoms with Crippen molar-refractivity contribution in [2.45, 2.75) is 6.42 Å². The zero-order valence-corrected chi connectivity index (χ0v) is 8.93. The topological polar surface area (TPSA) is 50.2 Å². The highest BCUT2D eigenvalue weighted by Crippen LogP contribution is 2.23. The smallest absolute Gasteiger partial charge is 0.309 e. The Morgan fingerprint density at radius 2 is 2.00 bits per heavy atom. The third-order valence-corrected chi connectivity index (χ3v) is 2.34. The summed E-state index contributed by atoms with van der Waals surface area (Å²) in [6.45, 7) is 0. The fourth-order valence-corrected chi connectivity index (χ4v) is 1.62. The number of aromatic nitrogens is 1. The van der Waals surface area contributed by atoms with Crippen molar-refractivity contribution in [2.24, 2.45) is 0 Å². The van der Waals surface area contributed by atoms with E-state index in [4.69, 9.17) is 5.11 Å². The Morgan fingerprint density at radius 3 is 2.65 bits per heavy atom. The molecule has 1 N–H and O–H groups in total. The molecule has 4 heteroatoms. The fourth-order valence-electron chi connectivity index (χ4n) is 1.62. The van der Waals surface area contributed by atoms with Gasteiger partial charge in [0.2, 0.25) is 0 Å². The van der Waals surface area contributed by atoms with Gasteiger partial charge in [0, 0.05) is 5.56 Å². The lowest BCUT2D eigenvalue weighted by molar-refractivity contribution is -0.136. The monoisotopic (exact) mass is 231 g/mol. The van der Waals surface area contributed by atoms with Crippen LogP contribution in [-0.4, -0.2) is 16.1 Å². The van der Waals surface area contributed by atoms with Crippen molar-refractivity contribution in [3.8, 4) is 11.1 Å². The van der Waals surface area contributed by atoms with E-state index in [2.05, 4.69) is 4.98 Å². The molecular formula is C13H10FNO2. The number of benzene rings is 1. The van der Waals surface area contributed by atoms with Crippen molar-refractivity contribution in [1.82, 2.24) is 4.98 Å². The molecule has 1 heterocycles. The zero-order valence-electron chi connectivity index (χ0n) is 8.93. The molecule has 0 atom stereocenters. The first-order valence-corrected chi connectivity index (χ1v) is 5.08. The van der Waals surface area contributed by atoms with E-state index >= 15 is 0 Å². The van der Waals surface area contributed by atoms with Gasteiger partial charge in [-0.3, -0.25) is 9.78 Å². The Bertz CT molecular complexity index is 540. The van der Waals surface area contributed by atoms with Crippen LogP contribution in [0.5, 0.6) is 0 Å². The van der Waals surface area contributed by atoms with Gasteiger partial charge in [0.05, 0.1) is 18.3 Å². The molecule has 2 rings (SSSR count). The maximum absolute atomic E-state index is 13.2. The van der Waals surface area contributed by atoms with Crippen LogP contribution in [-0.2, 0) is 11.2 Å². The highest BCUT2D eigenvalue weighted by molar-refractivity contribution is 5.75. The van der Waals surface area contributed by atoms with Gasteiger partial charge in [0.1, 0.15) is 5.82 Å². The Labute approximate surface area is 97.6 Å². The molecule has 0 fully saturated rings. The summed E-state index contributed by atoms with van der Waals surface area (Å²) < 4.78 is 13.2. The van der Waals surface area contributed by atoms with E-state index in [1.807, 2.05) is 18.2 Å². The summed E-state index contributed by atoms with van der Waals surface area (Å²) in [6.07, 6.45) is 0.815. The maximum Gasteiger partial charge on any atom is 0.309 e. The first-order chi connectivity index (χ1) is 8.16. The average Bonchev–Trinajstić information content (AvgIpc) is 2.32. The predicted molar refractivity (Wildman–Crippen MR) is 61.0 cm³/mol. The van der Waals surface area contributed by atoms with Crippen LogP contribution in [0.15, 0.2) is 42.6 Å². The van der Waals surface area contributed by atoms with Crippen LogP contribution in [0.1, 0.15) is 5.69 Å². The van der Waals surface area contributed by atoms with Crippen LogP contribution in [0.3, 0.4) is 0 Å². The van der Waals surface area contributed by atoms with Crippen molar-refractivity contribution in [1.29, 1.82) is 0 Å². The molecule has 0 aliphatic rings. The second-order valence-corrected chi connectivity index (χ2v) is 3.58. The molecule has 0 amide bonds. The SMILES string of the molecule is O=C(O)Cc1ncc(F)cc1-c1ccccc1. The largest absolute Gasteiger partial charge is 0.481 e. The summed E-state index contributed by atoms with van der Waals surface area (Å²) >= 11 is 0. The number of nitrogens with zero attached hydrogens (tertiary/aromatic N) is 1. The lowest BCUT2D eigenvalue weighted by Crippen LogP contribution is -2.04. The minimum Gasteiger partial charge on any atom is -0.481 e. The van der Waals surface area contributed by atoms with Gasteiger partial charge in [-0.2, -0.15) is 0 Å².